The summed E-state index contributed by atoms with van der Waals surface area (Å²) in [6.45, 7) is 1.92. The van der Waals surface area contributed by atoms with E-state index in [0.29, 0.717) is 17.4 Å². The summed E-state index contributed by atoms with van der Waals surface area (Å²) in [5.74, 6) is 0.356. The minimum Gasteiger partial charge on any atom is -0.388 e. The lowest BCUT2D eigenvalue weighted by Crippen LogP contribution is -2.22. The lowest BCUT2D eigenvalue weighted by atomic mass is 9.81. The average molecular weight is 308 g/mol. The molecule has 1 fully saturated rings. The fourth-order valence-corrected chi connectivity index (χ4v) is 3.89. The van der Waals surface area contributed by atoms with Gasteiger partial charge in [0.25, 0.3) is 0 Å². The molecule has 1 heterocycles. The first-order valence-electron chi connectivity index (χ1n) is 7.87. The van der Waals surface area contributed by atoms with E-state index in [2.05, 4.69) is 5.32 Å². The average Bonchev–Trinajstić information content (AvgIpc) is 2.51. The van der Waals surface area contributed by atoms with E-state index in [4.69, 9.17) is 11.6 Å². The molecule has 1 saturated carbocycles. The van der Waals surface area contributed by atoms with Gasteiger partial charge in [-0.05, 0) is 49.3 Å². The molecule has 1 aliphatic heterocycles. The molecule has 2 N–H and O–H groups in total. The molecule has 1 aliphatic carbocycles. The Morgan fingerprint density at radius 3 is 2.71 bits per heavy atom. The Bertz CT molecular complexity index is 564. The molecule has 114 valence electrons. The Labute approximate surface area is 130 Å². The van der Waals surface area contributed by atoms with Crippen molar-refractivity contribution in [3.63, 3.8) is 0 Å². The van der Waals surface area contributed by atoms with Crippen LogP contribution in [0.25, 0.3) is 0 Å². The van der Waals surface area contributed by atoms with Crippen LogP contribution in [0.2, 0.25) is 5.02 Å². The fourth-order valence-electron chi connectivity index (χ4n) is 3.63. The molecule has 0 bridgehead atoms. The summed E-state index contributed by atoms with van der Waals surface area (Å²) in [5.41, 5.74) is 3.67. The van der Waals surface area contributed by atoms with E-state index in [1.54, 1.807) is 0 Å². The maximum Gasteiger partial charge on any atom is 0.224 e. The van der Waals surface area contributed by atoms with Crippen molar-refractivity contribution in [1.29, 1.82) is 0 Å². The van der Waals surface area contributed by atoms with E-state index >= 15 is 0 Å². The first kappa shape index (κ1) is 14.9. The van der Waals surface area contributed by atoms with Crippen LogP contribution in [0.1, 0.15) is 61.3 Å². The van der Waals surface area contributed by atoms with Gasteiger partial charge in [0, 0.05) is 17.7 Å². The highest BCUT2D eigenvalue weighted by Gasteiger charge is 2.28. The van der Waals surface area contributed by atoms with Gasteiger partial charge in [-0.2, -0.15) is 0 Å². The van der Waals surface area contributed by atoms with Crippen molar-refractivity contribution in [2.24, 2.45) is 5.92 Å². The van der Waals surface area contributed by atoms with Crippen LogP contribution in [0.15, 0.2) is 6.07 Å². The number of nitrogens with one attached hydrogen (secondary N) is 1. The molecular weight excluding hydrogens is 286 g/mol. The minimum absolute atomic E-state index is 0.0437. The van der Waals surface area contributed by atoms with E-state index in [0.717, 1.165) is 41.6 Å². The standard InChI is InChI=1S/C17H22ClNO2/c1-10-15(18)13(17(21)11-5-3-2-4-6-11)9-12-7-8-14(20)19-16(10)12/h9,11,17,21H,2-8H2,1H3,(H,19,20). The summed E-state index contributed by atoms with van der Waals surface area (Å²) < 4.78 is 0. The van der Waals surface area contributed by atoms with Crippen molar-refractivity contribution >= 4 is 23.2 Å². The fraction of sp³-hybridized carbons (Fsp3) is 0.588. The number of fused-ring (bicyclic) bond motifs is 1. The van der Waals surface area contributed by atoms with E-state index in [1.807, 2.05) is 13.0 Å². The number of benzene rings is 1. The third kappa shape index (κ3) is 2.82. The summed E-state index contributed by atoms with van der Waals surface area (Å²) >= 11 is 6.48. The molecule has 3 nitrogen and oxygen atoms in total. The number of aliphatic hydroxyl groups is 1. The molecule has 1 aromatic rings. The Kier molecular flexibility index (Phi) is 4.23. The van der Waals surface area contributed by atoms with E-state index in [-0.39, 0.29) is 5.91 Å². The smallest absolute Gasteiger partial charge is 0.224 e. The summed E-state index contributed by atoms with van der Waals surface area (Å²) in [6, 6.07) is 2.00. The van der Waals surface area contributed by atoms with Gasteiger partial charge in [0.05, 0.1) is 11.1 Å². The Balaban J connectivity index is 1.95. The van der Waals surface area contributed by atoms with Gasteiger partial charge in [-0.25, -0.2) is 0 Å². The van der Waals surface area contributed by atoms with Crippen LogP contribution in [0.4, 0.5) is 5.69 Å². The highest BCUT2D eigenvalue weighted by molar-refractivity contribution is 6.32. The van der Waals surface area contributed by atoms with Gasteiger partial charge in [0.1, 0.15) is 0 Å². The number of aryl methyl sites for hydroxylation is 1. The zero-order valence-corrected chi connectivity index (χ0v) is 13.2. The zero-order valence-electron chi connectivity index (χ0n) is 12.4. The quantitative estimate of drug-likeness (QED) is 0.862. The van der Waals surface area contributed by atoms with Crippen LogP contribution in [0.5, 0.6) is 0 Å². The van der Waals surface area contributed by atoms with Crippen LogP contribution in [-0.2, 0) is 11.2 Å². The van der Waals surface area contributed by atoms with Gasteiger partial charge in [0.15, 0.2) is 0 Å². The molecule has 1 atom stereocenters. The number of hydrogen-bond acceptors (Lipinski definition) is 2. The Morgan fingerprint density at radius 2 is 2.00 bits per heavy atom. The molecule has 1 amide bonds. The Hall–Kier alpha value is -1.06. The highest BCUT2D eigenvalue weighted by atomic mass is 35.5. The van der Waals surface area contributed by atoms with Gasteiger partial charge >= 0.3 is 0 Å². The van der Waals surface area contributed by atoms with Gasteiger partial charge in [-0.3, -0.25) is 4.79 Å². The normalized spacial score (nSPS) is 20.8. The lowest BCUT2D eigenvalue weighted by molar-refractivity contribution is -0.116. The van der Waals surface area contributed by atoms with Crippen molar-refractivity contribution in [3.8, 4) is 0 Å². The molecule has 0 saturated heterocycles. The summed E-state index contributed by atoms with van der Waals surface area (Å²) in [6.07, 6.45) is 6.55. The lowest BCUT2D eigenvalue weighted by Gasteiger charge is -2.29. The van der Waals surface area contributed by atoms with Crippen LogP contribution in [0.3, 0.4) is 0 Å². The van der Waals surface area contributed by atoms with Crippen molar-refractivity contribution in [2.45, 2.75) is 58.0 Å². The third-order valence-corrected chi connectivity index (χ3v) is 5.41. The topological polar surface area (TPSA) is 49.3 Å². The second-order valence-electron chi connectivity index (χ2n) is 6.33. The van der Waals surface area contributed by atoms with Crippen molar-refractivity contribution in [1.82, 2.24) is 0 Å². The summed E-state index contributed by atoms with van der Waals surface area (Å²) in [7, 11) is 0. The number of hydrogen-bond donors (Lipinski definition) is 2. The molecule has 2 aliphatic rings. The number of amides is 1. The number of rotatable bonds is 2. The molecule has 21 heavy (non-hydrogen) atoms. The number of anilines is 1. The highest BCUT2D eigenvalue weighted by Crippen LogP contribution is 2.41. The maximum atomic E-state index is 11.6. The molecule has 3 rings (SSSR count). The van der Waals surface area contributed by atoms with Gasteiger partial charge in [-0.1, -0.05) is 30.9 Å². The van der Waals surface area contributed by atoms with Gasteiger partial charge in [0.2, 0.25) is 5.91 Å². The van der Waals surface area contributed by atoms with Gasteiger partial charge < -0.3 is 10.4 Å². The number of carbonyl (C=O) groups is 1. The molecule has 4 heteroatoms. The van der Waals surface area contributed by atoms with Gasteiger partial charge in [-0.15, -0.1) is 0 Å². The molecule has 1 unspecified atom stereocenters. The molecular formula is C17H22ClNO2. The molecule has 1 aromatic carbocycles. The van der Waals surface area contributed by atoms with Crippen LogP contribution >= 0.6 is 11.6 Å². The molecule has 0 spiro atoms. The maximum absolute atomic E-state index is 11.6. The van der Waals surface area contributed by atoms with Crippen LogP contribution in [-0.4, -0.2) is 11.0 Å². The minimum atomic E-state index is -0.487. The Morgan fingerprint density at radius 1 is 1.29 bits per heavy atom. The third-order valence-electron chi connectivity index (χ3n) is 4.91. The predicted octanol–water partition coefficient (Wildman–Crippen LogP) is 4.15. The number of carbonyl (C=O) groups excluding carboxylic acids is 1. The second-order valence-corrected chi connectivity index (χ2v) is 6.71. The van der Waals surface area contributed by atoms with Crippen LogP contribution in [0, 0.1) is 12.8 Å². The van der Waals surface area contributed by atoms with E-state index < -0.39 is 6.10 Å². The number of aliphatic hydroxyl groups excluding tert-OH is 1. The molecule has 0 aromatic heterocycles. The number of halogens is 1. The first-order valence-corrected chi connectivity index (χ1v) is 8.25. The first-order chi connectivity index (χ1) is 10.1. The van der Waals surface area contributed by atoms with Crippen LogP contribution < -0.4 is 5.32 Å². The summed E-state index contributed by atoms with van der Waals surface area (Å²) in [5, 5.41) is 14.2. The second kappa shape index (κ2) is 5.98. The molecule has 0 radical (unpaired) electrons. The SMILES string of the molecule is Cc1c(Cl)c(C(O)C2CCCCC2)cc2c1NC(=O)CC2. The van der Waals surface area contributed by atoms with Crippen molar-refractivity contribution in [3.05, 3.63) is 27.8 Å². The zero-order chi connectivity index (χ0) is 15.0. The van der Waals surface area contributed by atoms with E-state index in [1.165, 1.54) is 19.3 Å². The summed E-state index contributed by atoms with van der Waals surface area (Å²) in [4.78, 5) is 11.6. The monoisotopic (exact) mass is 307 g/mol. The predicted molar refractivity (Wildman–Crippen MR) is 84.7 cm³/mol. The largest absolute Gasteiger partial charge is 0.388 e. The van der Waals surface area contributed by atoms with E-state index in [9.17, 15) is 9.90 Å². The van der Waals surface area contributed by atoms with Crippen molar-refractivity contribution in [2.75, 3.05) is 5.32 Å². The van der Waals surface area contributed by atoms with Crippen molar-refractivity contribution < 1.29 is 9.90 Å².